The van der Waals surface area contributed by atoms with Gasteiger partial charge in [0.25, 0.3) is 0 Å². The Morgan fingerprint density at radius 3 is 2.15 bits per heavy atom. The summed E-state index contributed by atoms with van der Waals surface area (Å²) in [7, 11) is 0. The predicted molar refractivity (Wildman–Crippen MR) is 45.6 cm³/mol. The van der Waals surface area contributed by atoms with Crippen molar-refractivity contribution in [2.75, 3.05) is 0 Å². The molecule has 0 aliphatic rings. The Labute approximate surface area is 79.6 Å². The molecule has 0 aliphatic carbocycles. The fraction of sp³-hybridized carbons (Fsp3) is 0.375. The predicted octanol–water partition coefficient (Wildman–Crippen LogP) is 3.78. The maximum Gasteiger partial charge on any atom is 0.433 e. The molecule has 0 atom stereocenters. The minimum Gasteiger partial charge on any atom is -0.252 e. The average molecular weight is 212 g/mol. The zero-order valence-corrected chi connectivity index (χ0v) is 7.95. The molecule has 0 N–H and O–H groups in total. The summed E-state index contributed by atoms with van der Waals surface area (Å²) in [6.45, 7) is 4.00. The third-order valence-electron chi connectivity index (χ3n) is 1.01. The fourth-order valence-electron chi connectivity index (χ4n) is 0.560. The third-order valence-corrected chi connectivity index (χ3v) is 1.25. The lowest BCUT2D eigenvalue weighted by atomic mass is 10.3. The van der Waals surface area contributed by atoms with E-state index in [1.807, 2.05) is 13.8 Å². The first kappa shape index (κ1) is 12.2. The van der Waals surface area contributed by atoms with Gasteiger partial charge in [0.1, 0.15) is 5.69 Å². The van der Waals surface area contributed by atoms with Gasteiger partial charge in [-0.2, -0.15) is 13.2 Å². The molecule has 0 amide bonds. The monoisotopic (exact) mass is 211 g/mol. The van der Waals surface area contributed by atoms with Crippen LogP contribution in [0.15, 0.2) is 18.3 Å². The molecule has 1 nitrogen and oxygen atoms in total. The molecule has 0 fully saturated rings. The first-order valence-electron chi connectivity index (χ1n) is 3.69. The summed E-state index contributed by atoms with van der Waals surface area (Å²) >= 11 is 5.31. The van der Waals surface area contributed by atoms with E-state index in [-0.39, 0.29) is 5.02 Å². The number of aromatic nitrogens is 1. The van der Waals surface area contributed by atoms with Crippen molar-refractivity contribution in [3.63, 3.8) is 0 Å². The first-order valence-corrected chi connectivity index (χ1v) is 4.07. The highest BCUT2D eigenvalue weighted by Gasteiger charge is 2.32. The molecule has 0 unspecified atom stereocenters. The van der Waals surface area contributed by atoms with Crippen LogP contribution in [0.25, 0.3) is 0 Å². The van der Waals surface area contributed by atoms with Crippen LogP contribution in [0.2, 0.25) is 5.02 Å². The van der Waals surface area contributed by atoms with Crippen LogP contribution in [0, 0.1) is 0 Å². The van der Waals surface area contributed by atoms with Crippen molar-refractivity contribution in [3.05, 3.63) is 29.0 Å². The first-order chi connectivity index (χ1) is 6.00. The molecular formula is C8H9ClF3N. The summed E-state index contributed by atoms with van der Waals surface area (Å²) in [6.07, 6.45) is -3.39. The lowest BCUT2D eigenvalue weighted by Gasteiger charge is -2.03. The van der Waals surface area contributed by atoms with E-state index < -0.39 is 11.9 Å². The molecule has 1 aromatic heterocycles. The molecule has 74 valence electrons. The van der Waals surface area contributed by atoms with Gasteiger partial charge in [0, 0.05) is 11.2 Å². The number of pyridine rings is 1. The zero-order chi connectivity index (χ0) is 10.5. The normalized spacial score (nSPS) is 10.3. The van der Waals surface area contributed by atoms with E-state index in [1.54, 1.807) is 0 Å². The maximum absolute atomic E-state index is 11.8. The summed E-state index contributed by atoms with van der Waals surface area (Å²) in [5.74, 6) is 0. The topological polar surface area (TPSA) is 12.9 Å². The molecular weight excluding hydrogens is 203 g/mol. The van der Waals surface area contributed by atoms with Gasteiger partial charge in [-0.15, -0.1) is 0 Å². The molecule has 0 saturated carbocycles. The number of rotatable bonds is 0. The second-order valence-corrected chi connectivity index (χ2v) is 2.29. The molecule has 0 aromatic carbocycles. The van der Waals surface area contributed by atoms with Crippen molar-refractivity contribution in [1.82, 2.24) is 4.98 Å². The Hall–Kier alpha value is -0.770. The van der Waals surface area contributed by atoms with Crippen LogP contribution in [0.4, 0.5) is 13.2 Å². The van der Waals surface area contributed by atoms with E-state index in [0.717, 1.165) is 12.3 Å². The maximum atomic E-state index is 11.8. The fourth-order valence-corrected chi connectivity index (χ4v) is 0.719. The van der Waals surface area contributed by atoms with Gasteiger partial charge in [0.15, 0.2) is 0 Å². The van der Waals surface area contributed by atoms with Crippen molar-refractivity contribution in [1.29, 1.82) is 0 Å². The van der Waals surface area contributed by atoms with Crippen molar-refractivity contribution < 1.29 is 13.2 Å². The molecule has 0 radical (unpaired) electrons. The largest absolute Gasteiger partial charge is 0.433 e. The Balaban J connectivity index is 0.000000671. The van der Waals surface area contributed by atoms with Crippen LogP contribution in [-0.2, 0) is 6.18 Å². The van der Waals surface area contributed by atoms with Gasteiger partial charge in [-0.25, -0.2) is 0 Å². The van der Waals surface area contributed by atoms with E-state index in [1.165, 1.54) is 6.07 Å². The van der Waals surface area contributed by atoms with Crippen LogP contribution < -0.4 is 0 Å². The molecule has 0 bridgehead atoms. The Morgan fingerprint density at radius 1 is 1.31 bits per heavy atom. The summed E-state index contributed by atoms with van der Waals surface area (Å²) < 4.78 is 35.5. The highest BCUT2D eigenvalue weighted by atomic mass is 35.5. The van der Waals surface area contributed by atoms with Crippen molar-refractivity contribution in [2.24, 2.45) is 0 Å². The van der Waals surface area contributed by atoms with Gasteiger partial charge in [-0.3, -0.25) is 4.98 Å². The SMILES string of the molecule is CC.FC(F)(F)c1cc(Cl)ccn1. The third kappa shape index (κ3) is 4.12. The Bertz CT molecular complexity index is 260. The molecule has 1 heterocycles. The van der Waals surface area contributed by atoms with Crippen molar-refractivity contribution >= 4 is 11.6 Å². The molecule has 1 aromatic rings. The van der Waals surface area contributed by atoms with Gasteiger partial charge in [-0.1, -0.05) is 25.4 Å². The van der Waals surface area contributed by atoms with Crippen LogP contribution in [0.5, 0.6) is 0 Å². The van der Waals surface area contributed by atoms with Gasteiger partial charge in [0.2, 0.25) is 0 Å². The van der Waals surface area contributed by atoms with Crippen molar-refractivity contribution in [3.8, 4) is 0 Å². The highest BCUT2D eigenvalue weighted by molar-refractivity contribution is 6.30. The minimum atomic E-state index is -4.41. The molecule has 0 saturated heterocycles. The highest BCUT2D eigenvalue weighted by Crippen LogP contribution is 2.28. The standard InChI is InChI=1S/C6H3ClF3N.C2H6/c7-4-1-2-11-5(3-4)6(8,9)10;1-2/h1-3H;1-2H3. The molecule has 0 aliphatic heterocycles. The van der Waals surface area contributed by atoms with Crippen LogP contribution in [0.3, 0.4) is 0 Å². The van der Waals surface area contributed by atoms with Crippen LogP contribution in [0.1, 0.15) is 19.5 Å². The Kier molecular flexibility index (Phi) is 4.77. The van der Waals surface area contributed by atoms with Crippen molar-refractivity contribution in [2.45, 2.75) is 20.0 Å². The smallest absolute Gasteiger partial charge is 0.252 e. The zero-order valence-electron chi connectivity index (χ0n) is 7.19. The quantitative estimate of drug-likeness (QED) is 0.637. The molecule has 0 spiro atoms. The molecule has 5 heteroatoms. The van der Waals surface area contributed by atoms with E-state index >= 15 is 0 Å². The summed E-state index contributed by atoms with van der Waals surface area (Å²) in [4.78, 5) is 3.10. The van der Waals surface area contributed by atoms with Gasteiger partial charge in [-0.05, 0) is 12.1 Å². The summed E-state index contributed by atoms with van der Waals surface area (Å²) in [6, 6.07) is 2.07. The summed E-state index contributed by atoms with van der Waals surface area (Å²) in [5, 5.41) is 0.0346. The molecule has 13 heavy (non-hydrogen) atoms. The lowest BCUT2D eigenvalue weighted by Crippen LogP contribution is -2.06. The average Bonchev–Trinajstić information content (AvgIpc) is 2.06. The van der Waals surface area contributed by atoms with E-state index in [4.69, 9.17) is 11.6 Å². The van der Waals surface area contributed by atoms with Gasteiger partial charge >= 0.3 is 6.18 Å². The number of nitrogens with zero attached hydrogens (tertiary/aromatic N) is 1. The number of hydrogen-bond donors (Lipinski definition) is 0. The number of halogens is 4. The van der Waals surface area contributed by atoms with Crippen LogP contribution >= 0.6 is 11.6 Å². The Morgan fingerprint density at radius 2 is 1.85 bits per heavy atom. The van der Waals surface area contributed by atoms with E-state index in [2.05, 4.69) is 4.98 Å². The second-order valence-electron chi connectivity index (χ2n) is 1.86. The molecule has 1 rings (SSSR count). The number of alkyl halides is 3. The second kappa shape index (κ2) is 5.07. The minimum absolute atomic E-state index is 0.0346. The van der Waals surface area contributed by atoms with Crippen LogP contribution in [-0.4, -0.2) is 4.98 Å². The number of hydrogen-bond acceptors (Lipinski definition) is 1. The van der Waals surface area contributed by atoms with E-state index in [0.29, 0.717) is 0 Å². The lowest BCUT2D eigenvalue weighted by molar-refractivity contribution is -0.141. The summed E-state index contributed by atoms with van der Waals surface area (Å²) in [5.41, 5.74) is -0.968. The van der Waals surface area contributed by atoms with Gasteiger partial charge in [0.05, 0.1) is 0 Å². The van der Waals surface area contributed by atoms with E-state index in [9.17, 15) is 13.2 Å². The van der Waals surface area contributed by atoms with Gasteiger partial charge < -0.3 is 0 Å².